The summed E-state index contributed by atoms with van der Waals surface area (Å²) in [4.78, 5) is 11.9. The van der Waals surface area contributed by atoms with Crippen molar-refractivity contribution >= 4 is 52.2 Å². The Kier molecular flexibility index (Phi) is 5.33. The second kappa shape index (κ2) is 7.83. The van der Waals surface area contributed by atoms with Gasteiger partial charge in [-0.2, -0.15) is 0 Å². The molecule has 126 valence electrons. The molecular weight excluding hydrogens is 361 g/mol. The molecular formula is C17H13Cl2N5O. The smallest absolute Gasteiger partial charge is 0.324 e. The molecule has 0 aliphatic carbocycles. The molecule has 1 aromatic heterocycles. The second-order valence-electron chi connectivity index (χ2n) is 4.98. The minimum Gasteiger partial charge on any atom is -0.337 e. The quantitative estimate of drug-likeness (QED) is 0.589. The first-order valence-corrected chi connectivity index (χ1v) is 8.05. The van der Waals surface area contributed by atoms with Gasteiger partial charge >= 0.3 is 6.03 Å². The van der Waals surface area contributed by atoms with Gasteiger partial charge in [0.1, 0.15) is 0 Å². The Balaban J connectivity index is 1.62. The fraction of sp³-hybridized carbons (Fsp3) is 0. The van der Waals surface area contributed by atoms with Crippen molar-refractivity contribution in [1.82, 2.24) is 10.2 Å². The van der Waals surface area contributed by atoms with E-state index in [2.05, 4.69) is 26.1 Å². The summed E-state index contributed by atoms with van der Waals surface area (Å²) in [6, 6.07) is 17.2. The Morgan fingerprint density at radius 3 is 2.24 bits per heavy atom. The Morgan fingerprint density at radius 1 is 0.800 bits per heavy atom. The highest BCUT2D eigenvalue weighted by molar-refractivity contribution is 6.43. The molecule has 0 fully saturated rings. The molecule has 0 bridgehead atoms. The van der Waals surface area contributed by atoms with Crippen molar-refractivity contribution in [2.45, 2.75) is 0 Å². The third-order valence-corrected chi connectivity index (χ3v) is 3.97. The summed E-state index contributed by atoms with van der Waals surface area (Å²) in [5.74, 6) is 0.786. The van der Waals surface area contributed by atoms with Crippen LogP contribution in [0, 0.1) is 0 Å². The summed E-state index contributed by atoms with van der Waals surface area (Å²) in [6.45, 7) is 0. The second-order valence-corrected chi connectivity index (χ2v) is 5.76. The van der Waals surface area contributed by atoms with Crippen molar-refractivity contribution in [1.29, 1.82) is 0 Å². The lowest BCUT2D eigenvalue weighted by atomic mass is 10.3. The molecule has 0 aliphatic heterocycles. The van der Waals surface area contributed by atoms with Gasteiger partial charge in [0, 0.05) is 5.69 Å². The summed E-state index contributed by atoms with van der Waals surface area (Å²) in [6.07, 6.45) is 0. The van der Waals surface area contributed by atoms with E-state index in [9.17, 15) is 4.79 Å². The van der Waals surface area contributed by atoms with Crippen LogP contribution in [0.25, 0.3) is 0 Å². The average molecular weight is 374 g/mol. The molecule has 2 aromatic carbocycles. The van der Waals surface area contributed by atoms with Gasteiger partial charge in [-0.25, -0.2) is 4.79 Å². The molecule has 0 spiro atoms. The van der Waals surface area contributed by atoms with Gasteiger partial charge in [0.25, 0.3) is 0 Å². The summed E-state index contributed by atoms with van der Waals surface area (Å²) in [5, 5.41) is 17.1. The van der Waals surface area contributed by atoms with Crippen molar-refractivity contribution < 1.29 is 4.79 Å². The number of hydrogen-bond acceptors (Lipinski definition) is 4. The summed E-state index contributed by atoms with van der Waals surface area (Å²) in [7, 11) is 0. The van der Waals surface area contributed by atoms with E-state index in [0.29, 0.717) is 33.1 Å². The van der Waals surface area contributed by atoms with Crippen LogP contribution in [0.4, 0.5) is 27.8 Å². The summed E-state index contributed by atoms with van der Waals surface area (Å²) < 4.78 is 0. The number of nitrogens with one attached hydrogen (secondary N) is 3. The van der Waals surface area contributed by atoms with E-state index in [1.54, 1.807) is 42.5 Å². The SMILES string of the molecule is O=C(Nc1ccccc1)Nc1ccc(Nc2cccc(Cl)c2Cl)nn1. The van der Waals surface area contributed by atoms with Gasteiger partial charge in [-0.3, -0.25) is 5.32 Å². The fourth-order valence-corrected chi connectivity index (χ4v) is 2.35. The average Bonchev–Trinajstić information content (AvgIpc) is 2.61. The van der Waals surface area contributed by atoms with Crippen LogP contribution >= 0.6 is 23.2 Å². The van der Waals surface area contributed by atoms with Gasteiger partial charge in [0.05, 0.1) is 15.7 Å². The largest absolute Gasteiger partial charge is 0.337 e. The highest BCUT2D eigenvalue weighted by Crippen LogP contribution is 2.31. The highest BCUT2D eigenvalue weighted by atomic mass is 35.5. The zero-order valence-corrected chi connectivity index (χ0v) is 14.3. The van der Waals surface area contributed by atoms with Crippen molar-refractivity contribution in [2.75, 3.05) is 16.0 Å². The topological polar surface area (TPSA) is 78.9 Å². The number of urea groups is 1. The highest BCUT2D eigenvalue weighted by Gasteiger charge is 2.07. The molecule has 0 atom stereocenters. The minimum atomic E-state index is -0.404. The Bertz CT molecular complexity index is 872. The lowest BCUT2D eigenvalue weighted by Crippen LogP contribution is -2.20. The van der Waals surface area contributed by atoms with E-state index in [1.165, 1.54) is 0 Å². The van der Waals surface area contributed by atoms with Crippen molar-refractivity contribution in [3.8, 4) is 0 Å². The first kappa shape index (κ1) is 17.0. The van der Waals surface area contributed by atoms with Crippen LogP contribution in [-0.4, -0.2) is 16.2 Å². The molecule has 3 aromatic rings. The molecule has 0 unspecified atom stereocenters. The van der Waals surface area contributed by atoms with Gasteiger partial charge in [0.15, 0.2) is 11.6 Å². The molecule has 8 heteroatoms. The lowest BCUT2D eigenvalue weighted by molar-refractivity contribution is 0.262. The normalized spacial score (nSPS) is 10.2. The maximum absolute atomic E-state index is 11.9. The number of hydrogen-bond donors (Lipinski definition) is 3. The van der Waals surface area contributed by atoms with Crippen LogP contribution in [0.5, 0.6) is 0 Å². The Morgan fingerprint density at radius 2 is 1.52 bits per heavy atom. The van der Waals surface area contributed by atoms with Gasteiger partial charge in [-0.15, -0.1) is 10.2 Å². The number of nitrogens with zero attached hydrogens (tertiary/aromatic N) is 2. The van der Waals surface area contributed by atoms with Crippen LogP contribution < -0.4 is 16.0 Å². The standard InChI is InChI=1S/C17H13Cl2N5O/c18-12-7-4-8-13(16(12)19)21-14-9-10-15(24-23-14)22-17(25)20-11-5-2-1-3-6-11/h1-10H,(H,21,23)(H2,20,22,24,25). The monoisotopic (exact) mass is 373 g/mol. The number of amides is 2. The molecule has 25 heavy (non-hydrogen) atoms. The lowest BCUT2D eigenvalue weighted by Gasteiger charge is -2.09. The van der Waals surface area contributed by atoms with Crippen molar-refractivity contribution in [2.24, 2.45) is 0 Å². The number of halogens is 2. The third kappa shape index (κ3) is 4.59. The van der Waals surface area contributed by atoms with Crippen LogP contribution in [0.15, 0.2) is 60.7 Å². The molecule has 0 radical (unpaired) electrons. The van der Waals surface area contributed by atoms with Gasteiger partial charge in [-0.1, -0.05) is 47.5 Å². The van der Waals surface area contributed by atoms with Gasteiger partial charge in [-0.05, 0) is 36.4 Å². The molecule has 3 rings (SSSR count). The number of aromatic nitrogens is 2. The number of anilines is 4. The third-order valence-electron chi connectivity index (χ3n) is 3.15. The molecule has 0 saturated heterocycles. The van der Waals surface area contributed by atoms with E-state index in [0.717, 1.165) is 0 Å². The predicted molar refractivity (Wildman–Crippen MR) is 101 cm³/mol. The van der Waals surface area contributed by atoms with E-state index in [-0.39, 0.29) is 0 Å². The molecule has 6 nitrogen and oxygen atoms in total. The van der Waals surface area contributed by atoms with Crippen molar-refractivity contribution in [3.05, 3.63) is 70.7 Å². The van der Waals surface area contributed by atoms with Gasteiger partial charge in [0.2, 0.25) is 0 Å². The Labute approximate surface area is 154 Å². The van der Waals surface area contributed by atoms with E-state index in [4.69, 9.17) is 23.2 Å². The number of para-hydroxylation sites is 1. The zero-order valence-electron chi connectivity index (χ0n) is 12.8. The number of carbonyl (C=O) groups excluding carboxylic acids is 1. The summed E-state index contributed by atoms with van der Waals surface area (Å²) >= 11 is 12.1. The van der Waals surface area contributed by atoms with Crippen LogP contribution in [0.3, 0.4) is 0 Å². The number of benzene rings is 2. The van der Waals surface area contributed by atoms with Gasteiger partial charge < -0.3 is 10.6 Å². The molecule has 0 aliphatic rings. The molecule has 0 saturated carbocycles. The molecule has 2 amide bonds. The van der Waals surface area contributed by atoms with Crippen molar-refractivity contribution in [3.63, 3.8) is 0 Å². The Hall–Kier alpha value is -2.83. The van der Waals surface area contributed by atoms with E-state index >= 15 is 0 Å². The first-order chi connectivity index (χ1) is 12.1. The maximum Gasteiger partial charge on any atom is 0.324 e. The summed E-state index contributed by atoms with van der Waals surface area (Å²) in [5.41, 5.74) is 1.30. The maximum atomic E-state index is 11.9. The van der Waals surface area contributed by atoms with Crippen LogP contribution in [0.2, 0.25) is 10.0 Å². The minimum absolute atomic E-state index is 0.316. The fourth-order valence-electron chi connectivity index (χ4n) is 2.00. The van der Waals surface area contributed by atoms with E-state index < -0.39 is 6.03 Å². The zero-order chi connectivity index (χ0) is 17.6. The first-order valence-electron chi connectivity index (χ1n) is 7.29. The van der Waals surface area contributed by atoms with Crippen LogP contribution in [0.1, 0.15) is 0 Å². The predicted octanol–water partition coefficient (Wildman–Crippen LogP) is 5.17. The number of rotatable bonds is 4. The number of carbonyl (C=O) groups is 1. The molecule has 3 N–H and O–H groups in total. The molecule has 1 heterocycles. The van der Waals surface area contributed by atoms with E-state index in [1.807, 2.05) is 18.2 Å². The van der Waals surface area contributed by atoms with Crippen LogP contribution in [-0.2, 0) is 0 Å².